The maximum atomic E-state index is 12.9. The number of aromatic amines is 1. The Balaban J connectivity index is 1.66. The lowest BCUT2D eigenvalue weighted by atomic mass is 9.97. The van der Waals surface area contributed by atoms with E-state index in [9.17, 15) is 9.59 Å². The molecule has 0 aliphatic carbocycles. The van der Waals surface area contributed by atoms with Crippen molar-refractivity contribution in [1.29, 1.82) is 0 Å². The third-order valence-corrected chi connectivity index (χ3v) is 4.62. The van der Waals surface area contributed by atoms with Crippen molar-refractivity contribution in [1.82, 2.24) is 4.98 Å². The average Bonchev–Trinajstić information content (AvgIpc) is 2.99. The maximum Gasteiger partial charge on any atom is 0.231 e. The molecule has 24 heavy (non-hydrogen) atoms. The summed E-state index contributed by atoms with van der Waals surface area (Å²) in [6.45, 7) is 2.41. The first kappa shape index (κ1) is 14.7. The number of aryl methyl sites for hydroxylation is 1. The van der Waals surface area contributed by atoms with Crippen LogP contribution in [0.2, 0.25) is 0 Å². The number of para-hydroxylation sites is 1. The Kier molecular flexibility index (Phi) is 3.45. The lowest BCUT2D eigenvalue weighted by Crippen LogP contribution is -2.38. The molecule has 4 heteroatoms. The fourth-order valence-corrected chi connectivity index (χ4v) is 3.37. The number of H-pyrrole nitrogens is 1. The SMILES string of the molecule is Cc1ccc2c(c1)C(=O)CCN2C(=O)Cc1c[nH]c2ccccc12. The molecular weight excluding hydrogens is 300 g/mol. The van der Waals surface area contributed by atoms with Gasteiger partial charge in [-0.3, -0.25) is 9.59 Å². The fraction of sp³-hybridized carbons (Fsp3) is 0.200. The summed E-state index contributed by atoms with van der Waals surface area (Å²) in [7, 11) is 0. The number of carbonyl (C=O) groups is 2. The molecule has 1 amide bonds. The Labute approximate surface area is 140 Å². The number of nitrogens with one attached hydrogen (secondary N) is 1. The van der Waals surface area contributed by atoms with E-state index in [4.69, 9.17) is 0 Å². The summed E-state index contributed by atoms with van der Waals surface area (Å²) in [5.74, 6) is 0.141. The highest BCUT2D eigenvalue weighted by molar-refractivity contribution is 6.09. The number of ketones is 1. The number of amides is 1. The zero-order valence-corrected chi connectivity index (χ0v) is 13.5. The molecule has 0 spiro atoms. The molecule has 3 aromatic rings. The van der Waals surface area contributed by atoms with E-state index >= 15 is 0 Å². The van der Waals surface area contributed by atoms with Crippen LogP contribution in [-0.2, 0) is 11.2 Å². The van der Waals surface area contributed by atoms with Gasteiger partial charge in [-0.15, -0.1) is 0 Å². The third kappa shape index (κ3) is 2.40. The summed E-state index contributed by atoms with van der Waals surface area (Å²) < 4.78 is 0. The minimum Gasteiger partial charge on any atom is -0.361 e. The predicted molar refractivity (Wildman–Crippen MR) is 94.5 cm³/mol. The van der Waals surface area contributed by atoms with Crippen LogP contribution >= 0.6 is 0 Å². The largest absolute Gasteiger partial charge is 0.361 e. The normalized spacial score (nSPS) is 14.0. The standard InChI is InChI=1S/C20H18N2O2/c1-13-6-7-18-16(10-13)19(23)8-9-22(18)20(24)11-14-12-21-17-5-3-2-4-15(14)17/h2-7,10,12,21H,8-9,11H2,1H3. The van der Waals surface area contributed by atoms with Gasteiger partial charge >= 0.3 is 0 Å². The monoisotopic (exact) mass is 318 g/mol. The average molecular weight is 318 g/mol. The highest BCUT2D eigenvalue weighted by atomic mass is 16.2. The van der Waals surface area contributed by atoms with Gasteiger partial charge in [0.1, 0.15) is 0 Å². The molecule has 0 saturated carbocycles. The zero-order chi connectivity index (χ0) is 16.7. The van der Waals surface area contributed by atoms with Crippen molar-refractivity contribution in [2.75, 3.05) is 11.4 Å². The molecule has 1 aliphatic heterocycles. The van der Waals surface area contributed by atoms with Crippen molar-refractivity contribution < 1.29 is 9.59 Å². The molecule has 0 radical (unpaired) electrons. The van der Waals surface area contributed by atoms with Gasteiger partial charge in [-0.2, -0.15) is 0 Å². The molecule has 1 N–H and O–H groups in total. The second kappa shape index (κ2) is 5.64. The molecule has 120 valence electrons. The molecule has 1 aromatic heterocycles. The van der Waals surface area contributed by atoms with E-state index in [1.807, 2.05) is 55.6 Å². The number of hydrogen-bond acceptors (Lipinski definition) is 2. The molecule has 0 atom stereocenters. The van der Waals surface area contributed by atoms with Crippen molar-refractivity contribution in [2.24, 2.45) is 0 Å². The minimum atomic E-state index is 0.0253. The topological polar surface area (TPSA) is 53.2 Å². The summed E-state index contributed by atoms with van der Waals surface area (Å²) in [6, 6.07) is 13.7. The van der Waals surface area contributed by atoms with Gasteiger partial charge in [0.15, 0.2) is 5.78 Å². The van der Waals surface area contributed by atoms with Crippen LogP contribution < -0.4 is 4.90 Å². The Morgan fingerprint density at radius 3 is 2.92 bits per heavy atom. The zero-order valence-electron chi connectivity index (χ0n) is 13.5. The summed E-state index contributed by atoms with van der Waals surface area (Å²) in [4.78, 5) is 30.0. The van der Waals surface area contributed by atoms with Crippen LogP contribution in [0.15, 0.2) is 48.7 Å². The highest BCUT2D eigenvalue weighted by Gasteiger charge is 2.27. The highest BCUT2D eigenvalue weighted by Crippen LogP contribution is 2.29. The maximum absolute atomic E-state index is 12.9. The van der Waals surface area contributed by atoms with E-state index in [1.165, 1.54) is 0 Å². The Bertz CT molecular complexity index is 955. The quantitative estimate of drug-likeness (QED) is 0.784. The number of hydrogen-bond donors (Lipinski definition) is 1. The van der Waals surface area contributed by atoms with E-state index in [2.05, 4.69) is 4.98 Å². The van der Waals surface area contributed by atoms with Gasteiger partial charge in [0.25, 0.3) is 0 Å². The van der Waals surface area contributed by atoms with E-state index in [-0.39, 0.29) is 11.7 Å². The van der Waals surface area contributed by atoms with Crippen molar-refractivity contribution in [3.05, 3.63) is 65.4 Å². The summed E-state index contributed by atoms with van der Waals surface area (Å²) >= 11 is 0. The number of aromatic nitrogens is 1. The second-order valence-electron chi connectivity index (χ2n) is 6.28. The molecule has 0 fully saturated rings. The fourth-order valence-electron chi connectivity index (χ4n) is 3.37. The molecule has 2 heterocycles. The number of anilines is 1. The van der Waals surface area contributed by atoms with Crippen molar-refractivity contribution in [3.8, 4) is 0 Å². The van der Waals surface area contributed by atoms with Crippen LogP contribution in [0.25, 0.3) is 10.9 Å². The number of benzene rings is 2. The Hall–Kier alpha value is -2.88. The van der Waals surface area contributed by atoms with Crippen molar-refractivity contribution in [2.45, 2.75) is 19.8 Å². The lowest BCUT2D eigenvalue weighted by Gasteiger charge is -2.29. The first-order chi connectivity index (χ1) is 11.6. The number of nitrogens with zero attached hydrogens (tertiary/aromatic N) is 1. The molecule has 4 nitrogen and oxygen atoms in total. The summed E-state index contributed by atoms with van der Waals surface area (Å²) in [5.41, 5.74) is 4.45. The number of rotatable bonds is 2. The molecule has 0 bridgehead atoms. The summed E-state index contributed by atoms with van der Waals surface area (Å²) in [5, 5.41) is 1.07. The molecule has 0 unspecified atom stereocenters. The van der Waals surface area contributed by atoms with Crippen LogP contribution in [0.3, 0.4) is 0 Å². The molecule has 4 rings (SSSR count). The first-order valence-corrected chi connectivity index (χ1v) is 8.13. The molecule has 0 saturated heterocycles. The molecule has 1 aliphatic rings. The molecular formula is C20H18N2O2. The van der Waals surface area contributed by atoms with Gasteiger partial charge in [0, 0.05) is 35.6 Å². The second-order valence-corrected chi connectivity index (χ2v) is 6.28. The van der Waals surface area contributed by atoms with E-state index in [0.29, 0.717) is 24.9 Å². The van der Waals surface area contributed by atoms with Gasteiger partial charge < -0.3 is 9.88 Å². The minimum absolute atomic E-state index is 0.0253. The molecule has 2 aromatic carbocycles. The van der Waals surface area contributed by atoms with E-state index in [0.717, 1.165) is 27.7 Å². The Morgan fingerprint density at radius 1 is 1.21 bits per heavy atom. The van der Waals surface area contributed by atoms with Crippen LogP contribution in [-0.4, -0.2) is 23.2 Å². The van der Waals surface area contributed by atoms with Crippen molar-refractivity contribution >= 4 is 28.3 Å². The van der Waals surface area contributed by atoms with Crippen molar-refractivity contribution in [3.63, 3.8) is 0 Å². The van der Waals surface area contributed by atoms with Gasteiger partial charge in [-0.25, -0.2) is 0 Å². The van der Waals surface area contributed by atoms with E-state index < -0.39 is 0 Å². The number of fused-ring (bicyclic) bond motifs is 2. The predicted octanol–water partition coefficient (Wildman–Crippen LogP) is 3.64. The number of carbonyl (C=O) groups excluding carboxylic acids is 2. The van der Waals surface area contributed by atoms with Crippen LogP contribution in [0, 0.1) is 6.92 Å². The Morgan fingerprint density at radius 2 is 2.04 bits per heavy atom. The van der Waals surface area contributed by atoms with Gasteiger partial charge in [-0.1, -0.05) is 29.8 Å². The van der Waals surface area contributed by atoms with Crippen LogP contribution in [0.5, 0.6) is 0 Å². The van der Waals surface area contributed by atoms with Gasteiger partial charge in [-0.05, 0) is 30.7 Å². The van der Waals surface area contributed by atoms with Crippen LogP contribution in [0.1, 0.15) is 27.9 Å². The van der Waals surface area contributed by atoms with Gasteiger partial charge in [0.05, 0.1) is 12.1 Å². The van der Waals surface area contributed by atoms with Crippen LogP contribution in [0.4, 0.5) is 5.69 Å². The first-order valence-electron chi connectivity index (χ1n) is 8.13. The summed E-state index contributed by atoms with van der Waals surface area (Å²) in [6.07, 6.45) is 2.61. The van der Waals surface area contributed by atoms with Gasteiger partial charge in [0.2, 0.25) is 5.91 Å². The lowest BCUT2D eigenvalue weighted by molar-refractivity contribution is -0.118. The smallest absolute Gasteiger partial charge is 0.231 e. The van der Waals surface area contributed by atoms with E-state index in [1.54, 1.807) is 4.90 Å². The third-order valence-electron chi connectivity index (χ3n) is 4.62. The number of Topliss-reactive ketones (excluding diaryl/α,β-unsaturated/α-hetero) is 1.